The lowest BCUT2D eigenvalue weighted by Crippen LogP contribution is -2.48. The highest BCUT2D eigenvalue weighted by Gasteiger charge is 2.44. The Kier molecular flexibility index (Phi) is 5.86. The van der Waals surface area contributed by atoms with Gasteiger partial charge in [0, 0.05) is 31.2 Å². The Morgan fingerprint density at radius 3 is 2.58 bits per heavy atom. The molecule has 2 fully saturated rings. The summed E-state index contributed by atoms with van der Waals surface area (Å²) in [5, 5.41) is 9.61. The number of hydrogen-bond acceptors (Lipinski definition) is 4. The van der Waals surface area contributed by atoms with E-state index in [1.807, 2.05) is 37.3 Å². The average Bonchev–Trinajstić information content (AvgIpc) is 3.29. The van der Waals surface area contributed by atoms with Gasteiger partial charge < -0.3 is 14.9 Å². The summed E-state index contributed by atoms with van der Waals surface area (Å²) in [6.45, 7) is 2.53. The lowest BCUT2D eigenvalue weighted by Gasteiger charge is -2.27. The zero-order valence-electron chi connectivity index (χ0n) is 14.8. The van der Waals surface area contributed by atoms with Gasteiger partial charge in [-0.2, -0.15) is 0 Å². The SMILES string of the molecule is CCCC(=O)N1CSCC1C(=O)N1CC(C(=O)O)C(c2ccccc2)C1. The largest absolute Gasteiger partial charge is 0.481 e. The van der Waals surface area contributed by atoms with E-state index >= 15 is 0 Å². The molecule has 1 aromatic rings. The van der Waals surface area contributed by atoms with Gasteiger partial charge in [0.25, 0.3) is 0 Å². The van der Waals surface area contributed by atoms with Crippen molar-refractivity contribution in [1.82, 2.24) is 9.80 Å². The number of hydrogen-bond donors (Lipinski definition) is 1. The third-order valence-electron chi connectivity index (χ3n) is 5.13. The molecule has 3 atom stereocenters. The summed E-state index contributed by atoms with van der Waals surface area (Å²) < 4.78 is 0. The van der Waals surface area contributed by atoms with Crippen molar-refractivity contribution in [3.05, 3.63) is 35.9 Å². The van der Waals surface area contributed by atoms with Gasteiger partial charge in [-0.15, -0.1) is 11.8 Å². The predicted octanol–water partition coefficient (Wildman–Crippen LogP) is 2.01. The van der Waals surface area contributed by atoms with Crippen LogP contribution in [0, 0.1) is 5.92 Å². The lowest BCUT2D eigenvalue weighted by atomic mass is 9.89. The van der Waals surface area contributed by atoms with Gasteiger partial charge >= 0.3 is 5.97 Å². The minimum atomic E-state index is -0.881. The summed E-state index contributed by atoms with van der Waals surface area (Å²) in [6.07, 6.45) is 1.19. The van der Waals surface area contributed by atoms with E-state index in [2.05, 4.69) is 0 Å². The van der Waals surface area contributed by atoms with Crippen LogP contribution in [0.4, 0.5) is 0 Å². The molecule has 2 aliphatic rings. The Bertz CT molecular complexity index is 681. The van der Waals surface area contributed by atoms with Crippen LogP contribution in [0.1, 0.15) is 31.2 Å². The number of rotatable bonds is 5. The maximum Gasteiger partial charge on any atom is 0.308 e. The Hall–Kier alpha value is -2.02. The fourth-order valence-corrected chi connectivity index (χ4v) is 4.91. The number of aliphatic carboxylic acids is 1. The number of carbonyl (C=O) groups excluding carboxylic acids is 2. The van der Waals surface area contributed by atoms with Gasteiger partial charge in [0.15, 0.2) is 0 Å². The summed E-state index contributed by atoms with van der Waals surface area (Å²) in [6, 6.07) is 9.02. The number of amides is 2. The molecular weight excluding hydrogens is 352 g/mol. The molecule has 2 saturated heterocycles. The molecule has 2 amide bonds. The molecule has 1 aromatic carbocycles. The molecule has 0 saturated carbocycles. The second-order valence-electron chi connectivity index (χ2n) is 6.83. The van der Waals surface area contributed by atoms with Crippen molar-refractivity contribution in [2.45, 2.75) is 31.7 Å². The molecule has 0 bridgehead atoms. The van der Waals surface area contributed by atoms with Gasteiger partial charge in [-0.1, -0.05) is 37.3 Å². The van der Waals surface area contributed by atoms with Crippen LogP contribution in [-0.4, -0.2) is 63.5 Å². The zero-order chi connectivity index (χ0) is 18.7. The monoisotopic (exact) mass is 376 g/mol. The molecule has 0 aromatic heterocycles. The number of likely N-dealkylation sites (tertiary alicyclic amines) is 1. The normalized spacial score (nSPS) is 25.5. The Labute approximate surface area is 157 Å². The summed E-state index contributed by atoms with van der Waals surface area (Å²) in [7, 11) is 0. The first-order chi connectivity index (χ1) is 12.5. The van der Waals surface area contributed by atoms with Crippen LogP contribution >= 0.6 is 11.8 Å². The molecular formula is C19H24N2O4S. The number of nitrogens with zero attached hydrogens (tertiary/aromatic N) is 2. The number of carbonyl (C=O) groups is 3. The van der Waals surface area contributed by atoms with E-state index < -0.39 is 17.9 Å². The Balaban J connectivity index is 1.76. The maximum absolute atomic E-state index is 13.0. The number of benzene rings is 1. The topological polar surface area (TPSA) is 77.9 Å². The molecule has 3 unspecified atom stereocenters. The number of carboxylic acid groups (broad SMARTS) is 1. The smallest absolute Gasteiger partial charge is 0.308 e. The van der Waals surface area contributed by atoms with Gasteiger partial charge in [-0.25, -0.2) is 0 Å². The van der Waals surface area contributed by atoms with Gasteiger partial charge in [-0.3, -0.25) is 14.4 Å². The second kappa shape index (κ2) is 8.12. The molecule has 0 radical (unpaired) electrons. The van der Waals surface area contributed by atoms with E-state index in [0.717, 1.165) is 12.0 Å². The van der Waals surface area contributed by atoms with E-state index in [1.54, 1.807) is 21.6 Å². The molecule has 2 heterocycles. The third kappa shape index (κ3) is 3.72. The zero-order valence-corrected chi connectivity index (χ0v) is 15.7. The van der Waals surface area contributed by atoms with E-state index in [1.165, 1.54) is 0 Å². The fraction of sp³-hybridized carbons (Fsp3) is 0.526. The van der Waals surface area contributed by atoms with Crippen molar-refractivity contribution in [2.75, 3.05) is 24.7 Å². The summed E-state index contributed by atoms with van der Waals surface area (Å²) >= 11 is 1.58. The lowest BCUT2D eigenvalue weighted by molar-refractivity contribution is -0.144. The minimum absolute atomic E-state index is 0.00411. The van der Waals surface area contributed by atoms with Crippen LogP contribution in [0.25, 0.3) is 0 Å². The highest BCUT2D eigenvalue weighted by Crippen LogP contribution is 2.34. The molecule has 3 rings (SSSR count). The van der Waals surface area contributed by atoms with E-state index in [0.29, 0.717) is 24.6 Å². The maximum atomic E-state index is 13.0. The quantitative estimate of drug-likeness (QED) is 0.851. The van der Waals surface area contributed by atoms with Crippen LogP contribution < -0.4 is 0 Å². The van der Waals surface area contributed by atoms with Crippen LogP contribution in [0.5, 0.6) is 0 Å². The molecule has 6 nitrogen and oxygen atoms in total. The van der Waals surface area contributed by atoms with Crippen molar-refractivity contribution in [3.8, 4) is 0 Å². The molecule has 7 heteroatoms. The first-order valence-corrected chi connectivity index (χ1v) is 10.1. The molecule has 0 spiro atoms. The van der Waals surface area contributed by atoms with Gasteiger partial charge in [-0.05, 0) is 12.0 Å². The van der Waals surface area contributed by atoms with Crippen molar-refractivity contribution in [2.24, 2.45) is 5.92 Å². The average molecular weight is 376 g/mol. The van der Waals surface area contributed by atoms with Crippen LogP contribution in [0.2, 0.25) is 0 Å². The number of thioether (sulfide) groups is 1. The summed E-state index contributed by atoms with van der Waals surface area (Å²) in [5.74, 6) is -0.712. The highest BCUT2D eigenvalue weighted by molar-refractivity contribution is 7.99. The first kappa shape index (κ1) is 18.8. The molecule has 140 valence electrons. The van der Waals surface area contributed by atoms with Gasteiger partial charge in [0.05, 0.1) is 11.8 Å². The van der Waals surface area contributed by atoms with Crippen LogP contribution in [0.3, 0.4) is 0 Å². The van der Waals surface area contributed by atoms with Crippen molar-refractivity contribution in [1.29, 1.82) is 0 Å². The van der Waals surface area contributed by atoms with E-state index in [-0.39, 0.29) is 24.3 Å². The minimum Gasteiger partial charge on any atom is -0.481 e. The van der Waals surface area contributed by atoms with Crippen LogP contribution in [0.15, 0.2) is 30.3 Å². The second-order valence-corrected chi connectivity index (χ2v) is 7.83. The van der Waals surface area contributed by atoms with E-state index in [4.69, 9.17) is 0 Å². The third-order valence-corrected chi connectivity index (χ3v) is 6.14. The summed E-state index contributed by atoms with van der Waals surface area (Å²) in [5.41, 5.74) is 0.940. The summed E-state index contributed by atoms with van der Waals surface area (Å²) in [4.78, 5) is 40.3. The first-order valence-electron chi connectivity index (χ1n) is 8.96. The standard InChI is InChI=1S/C19H24N2O4S/c1-2-6-17(22)21-12-26-11-16(21)18(23)20-9-14(15(10-20)19(24)25)13-7-4-3-5-8-13/h3-5,7-8,14-16H,2,6,9-12H2,1H3,(H,24,25). The van der Waals surface area contributed by atoms with Gasteiger partial charge in [0.1, 0.15) is 6.04 Å². The molecule has 0 aliphatic carbocycles. The predicted molar refractivity (Wildman–Crippen MR) is 99.8 cm³/mol. The highest BCUT2D eigenvalue weighted by atomic mass is 32.2. The van der Waals surface area contributed by atoms with Gasteiger partial charge in [0.2, 0.25) is 11.8 Å². The fourth-order valence-electron chi connectivity index (χ4n) is 3.73. The Morgan fingerprint density at radius 1 is 1.19 bits per heavy atom. The van der Waals surface area contributed by atoms with Crippen molar-refractivity contribution in [3.63, 3.8) is 0 Å². The number of carboxylic acids is 1. The Morgan fingerprint density at radius 2 is 1.92 bits per heavy atom. The molecule has 2 aliphatic heterocycles. The van der Waals surface area contributed by atoms with Crippen molar-refractivity contribution < 1.29 is 19.5 Å². The van der Waals surface area contributed by atoms with E-state index in [9.17, 15) is 19.5 Å². The molecule has 1 N–H and O–H groups in total. The van der Waals surface area contributed by atoms with Crippen molar-refractivity contribution >= 4 is 29.5 Å². The van der Waals surface area contributed by atoms with Crippen LogP contribution in [-0.2, 0) is 14.4 Å². The molecule has 26 heavy (non-hydrogen) atoms.